The molecule has 0 aliphatic carbocycles. The lowest BCUT2D eigenvalue weighted by molar-refractivity contribution is -0.159. The summed E-state index contributed by atoms with van der Waals surface area (Å²) in [5, 5.41) is 10.7. The molecule has 0 bridgehead atoms. The molecule has 10 heteroatoms. The van der Waals surface area contributed by atoms with Crippen LogP contribution in [0.3, 0.4) is 0 Å². The highest BCUT2D eigenvalue weighted by Crippen LogP contribution is 2.21. The lowest BCUT2D eigenvalue weighted by Crippen LogP contribution is -2.58. The van der Waals surface area contributed by atoms with Crippen LogP contribution in [0.2, 0.25) is 0 Å². The van der Waals surface area contributed by atoms with Gasteiger partial charge < -0.3 is 33.0 Å². The van der Waals surface area contributed by atoms with Gasteiger partial charge in [0, 0.05) is 17.1 Å². The van der Waals surface area contributed by atoms with E-state index in [0.717, 1.165) is 21.4 Å². The number of nitrogens with one attached hydrogen (secondary N) is 1. The van der Waals surface area contributed by atoms with Crippen molar-refractivity contribution in [2.75, 3.05) is 13.1 Å². The van der Waals surface area contributed by atoms with Crippen LogP contribution in [0.4, 0.5) is 0 Å². The number of carbonyl (C=O) groups is 3. The highest BCUT2D eigenvalue weighted by atomic mass is 16.4. The van der Waals surface area contributed by atoms with Gasteiger partial charge in [0.1, 0.15) is 6.04 Å². The number of carbonyl (C=O) groups excluding carboxylic acids is 2. The first-order chi connectivity index (χ1) is 15.8. The third kappa shape index (κ3) is 7.10. The molecule has 0 aliphatic rings. The van der Waals surface area contributed by atoms with E-state index in [2.05, 4.69) is 4.98 Å². The predicted octanol–water partition coefficient (Wildman–Crippen LogP) is 0.431. The van der Waals surface area contributed by atoms with Gasteiger partial charge in [-0.05, 0) is 63.2 Å². The molecule has 3 atom stereocenters. The number of nitrogens with zero attached hydrogens (tertiary/aromatic N) is 1. The maximum Gasteiger partial charge on any atom is 0.326 e. The van der Waals surface area contributed by atoms with E-state index in [4.69, 9.17) is 22.9 Å². The molecule has 10 N–H and O–H groups in total. The van der Waals surface area contributed by atoms with Gasteiger partial charge in [0.2, 0.25) is 11.8 Å². The van der Waals surface area contributed by atoms with Gasteiger partial charge in [-0.2, -0.15) is 0 Å². The summed E-state index contributed by atoms with van der Waals surface area (Å²) in [5.41, 5.74) is 25.0. The second kappa shape index (κ2) is 13.0. The number of hydrogen-bond donors (Lipinski definition) is 6. The zero-order chi connectivity index (χ0) is 24.4. The number of aromatic amines is 1. The maximum atomic E-state index is 13.4. The molecule has 0 unspecified atom stereocenters. The van der Waals surface area contributed by atoms with E-state index in [-0.39, 0.29) is 12.8 Å². The Labute approximate surface area is 193 Å². The Balaban J connectivity index is 2.27. The van der Waals surface area contributed by atoms with Crippen molar-refractivity contribution in [2.24, 2.45) is 22.9 Å². The summed E-state index contributed by atoms with van der Waals surface area (Å²) in [6.45, 7) is 0.836. The Bertz CT molecular complexity index is 931. The molecule has 1 heterocycles. The third-order valence-corrected chi connectivity index (χ3v) is 5.72. The number of unbranched alkanes of at least 4 members (excludes halogenated alkanes) is 2. The average Bonchev–Trinajstić information content (AvgIpc) is 3.20. The zero-order valence-electron chi connectivity index (χ0n) is 18.9. The van der Waals surface area contributed by atoms with Crippen molar-refractivity contribution in [2.45, 2.75) is 63.1 Å². The van der Waals surface area contributed by atoms with E-state index in [1.165, 1.54) is 0 Å². The van der Waals surface area contributed by atoms with E-state index >= 15 is 0 Å². The summed E-state index contributed by atoms with van der Waals surface area (Å²) in [4.78, 5) is 42.5. The molecule has 10 nitrogen and oxygen atoms in total. The minimum Gasteiger partial charge on any atom is -0.480 e. The smallest absolute Gasteiger partial charge is 0.326 e. The van der Waals surface area contributed by atoms with Crippen LogP contribution < -0.4 is 22.9 Å². The summed E-state index contributed by atoms with van der Waals surface area (Å²) in [6.07, 6.45) is 4.58. The van der Waals surface area contributed by atoms with E-state index < -0.39 is 35.9 Å². The number of nitrogens with two attached hydrogens (primary N) is 4. The van der Waals surface area contributed by atoms with Gasteiger partial charge in [0.05, 0.1) is 12.1 Å². The molecule has 0 saturated carbocycles. The fourth-order valence-electron chi connectivity index (χ4n) is 3.87. The number of aliphatic carboxylic acids is 1. The third-order valence-electron chi connectivity index (χ3n) is 5.72. The number of fused-ring (bicyclic) bond motifs is 1. The molecule has 1 aromatic heterocycles. The van der Waals surface area contributed by atoms with Crippen molar-refractivity contribution in [1.82, 2.24) is 9.88 Å². The molecule has 2 aromatic rings. The quantitative estimate of drug-likeness (QED) is 0.218. The Kier molecular flexibility index (Phi) is 10.5. The minimum absolute atomic E-state index is 0.0827. The van der Waals surface area contributed by atoms with Crippen LogP contribution in [-0.4, -0.2) is 64.0 Å². The first kappa shape index (κ1) is 26.5. The van der Waals surface area contributed by atoms with Crippen LogP contribution in [0.1, 0.15) is 44.1 Å². The van der Waals surface area contributed by atoms with Gasteiger partial charge in [-0.25, -0.2) is 4.79 Å². The summed E-state index contributed by atoms with van der Waals surface area (Å²) < 4.78 is 0. The van der Waals surface area contributed by atoms with E-state index in [1.807, 2.05) is 24.3 Å². The predicted molar refractivity (Wildman–Crippen MR) is 127 cm³/mol. The van der Waals surface area contributed by atoms with Crippen molar-refractivity contribution in [1.29, 1.82) is 0 Å². The standard InChI is InChI=1S/C23H36N6O4/c24-11-5-3-8-17(26)21(30)29(20(23(32)33)10-4-6-12-25)22(31)18(27)13-15-14-28-19-9-2-1-7-16(15)19/h1-2,7,9,14,17-18,20,28H,3-6,8,10-13,24-27H2,(H,32,33)/t17-,18-,20-/m0/s1. The molecule has 0 fully saturated rings. The van der Waals surface area contributed by atoms with Gasteiger partial charge in [-0.15, -0.1) is 0 Å². The molecule has 33 heavy (non-hydrogen) atoms. The van der Waals surface area contributed by atoms with Gasteiger partial charge in [-0.3, -0.25) is 14.5 Å². The Morgan fingerprint density at radius 3 is 2.15 bits per heavy atom. The van der Waals surface area contributed by atoms with E-state index in [1.54, 1.807) is 6.20 Å². The number of imide groups is 1. The number of para-hydroxylation sites is 1. The average molecular weight is 461 g/mol. The number of carboxylic acid groups (broad SMARTS) is 1. The number of rotatable bonds is 14. The lowest BCUT2D eigenvalue weighted by atomic mass is 10.0. The van der Waals surface area contributed by atoms with Crippen LogP contribution in [0.25, 0.3) is 10.9 Å². The zero-order valence-corrected chi connectivity index (χ0v) is 18.9. The fourth-order valence-corrected chi connectivity index (χ4v) is 3.87. The van der Waals surface area contributed by atoms with Gasteiger partial charge in [0.25, 0.3) is 0 Å². The number of amides is 2. The SMILES string of the molecule is NCCCC[C@H](N)C(=O)N(C(=O)[C@@H](N)Cc1c[nH]c2ccccc12)[C@@H](CCCCN)C(=O)O. The summed E-state index contributed by atoms with van der Waals surface area (Å²) in [7, 11) is 0. The molecular formula is C23H36N6O4. The number of carboxylic acids is 1. The topological polar surface area (TPSA) is 195 Å². The number of hydrogen-bond acceptors (Lipinski definition) is 7. The van der Waals surface area contributed by atoms with Crippen molar-refractivity contribution in [3.05, 3.63) is 36.0 Å². The van der Waals surface area contributed by atoms with Crippen LogP contribution in [0.15, 0.2) is 30.5 Å². The Hall–Kier alpha value is -2.79. The van der Waals surface area contributed by atoms with Gasteiger partial charge in [0.15, 0.2) is 0 Å². The number of benzene rings is 1. The van der Waals surface area contributed by atoms with E-state index in [9.17, 15) is 19.5 Å². The number of H-pyrrole nitrogens is 1. The largest absolute Gasteiger partial charge is 0.480 e. The molecule has 0 spiro atoms. The Morgan fingerprint density at radius 2 is 1.52 bits per heavy atom. The summed E-state index contributed by atoms with van der Waals surface area (Å²) in [6, 6.07) is 4.09. The van der Waals surface area contributed by atoms with Crippen LogP contribution in [-0.2, 0) is 20.8 Å². The van der Waals surface area contributed by atoms with Crippen LogP contribution >= 0.6 is 0 Å². The monoisotopic (exact) mass is 460 g/mol. The first-order valence-corrected chi connectivity index (χ1v) is 11.4. The second-order valence-corrected chi connectivity index (χ2v) is 8.25. The Morgan fingerprint density at radius 1 is 0.909 bits per heavy atom. The van der Waals surface area contributed by atoms with Crippen molar-refractivity contribution < 1.29 is 19.5 Å². The van der Waals surface area contributed by atoms with Crippen LogP contribution in [0, 0.1) is 0 Å². The minimum atomic E-state index is -1.36. The fraction of sp³-hybridized carbons (Fsp3) is 0.522. The molecule has 0 radical (unpaired) electrons. The number of aromatic nitrogens is 1. The first-order valence-electron chi connectivity index (χ1n) is 11.4. The lowest BCUT2D eigenvalue weighted by Gasteiger charge is -2.31. The van der Waals surface area contributed by atoms with Crippen molar-refractivity contribution >= 4 is 28.7 Å². The highest BCUT2D eigenvalue weighted by Gasteiger charge is 2.38. The summed E-state index contributed by atoms with van der Waals surface area (Å²) in [5.74, 6) is -2.76. The molecule has 182 valence electrons. The van der Waals surface area contributed by atoms with Crippen LogP contribution in [0.5, 0.6) is 0 Å². The molecular weight excluding hydrogens is 424 g/mol. The molecule has 0 saturated heterocycles. The molecule has 0 aliphatic heterocycles. The molecule has 2 amide bonds. The van der Waals surface area contributed by atoms with Crippen molar-refractivity contribution in [3.63, 3.8) is 0 Å². The van der Waals surface area contributed by atoms with Crippen molar-refractivity contribution in [3.8, 4) is 0 Å². The van der Waals surface area contributed by atoms with Gasteiger partial charge >= 0.3 is 5.97 Å². The normalized spacial score (nSPS) is 14.1. The summed E-state index contributed by atoms with van der Waals surface area (Å²) >= 11 is 0. The molecule has 2 rings (SSSR count). The highest BCUT2D eigenvalue weighted by molar-refractivity contribution is 6.03. The van der Waals surface area contributed by atoms with E-state index in [0.29, 0.717) is 45.2 Å². The maximum absolute atomic E-state index is 13.4. The second-order valence-electron chi connectivity index (χ2n) is 8.25. The van der Waals surface area contributed by atoms with Gasteiger partial charge in [-0.1, -0.05) is 24.6 Å². The molecule has 1 aromatic carbocycles.